The summed E-state index contributed by atoms with van der Waals surface area (Å²) >= 11 is 3.07. The molecule has 0 aliphatic carbocycles. The third-order valence-corrected chi connectivity index (χ3v) is 5.15. The van der Waals surface area contributed by atoms with Crippen LogP contribution in [0.5, 0.6) is 0 Å². The second-order valence-corrected chi connectivity index (χ2v) is 7.87. The first-order chi connectivity index (χ1) is 11.3. The molecule has 0 saturated heterocycles. The standard InChI is InChI=1S/C14H8BrF6NO2S/c15-10-1-2-11(22-6-10)7-25(23,24)12-4-8(13(16,17)18)3-9(5-12)14(19,20)21/h1-6H,7H2. The van der Waals surface area contributed by atoms with Gasteiger partial charge in [0.2, 0.25) is 0 Å². The minimum atomic E-state index is -5.12. The van der Waals surface area contributed by atoms with Gasteiger partial charge in [0, 0.05) is 10.7 Å². The molecule has 0 fully saturated rings. The summed E-state index contributed by atoms with van der Waals surface area (Å²) in [6, 6.07) is 2.98. The van der Waals surface area contributed by atoms with Gasteiger partial charge in [-0.3, -0.25) is 4.98 Å². The van der Waals surface area contributed by atoms with Gasteiger partial charge in [0.15, 0.2) is 9.84 Å². The first kappa shape index (κ1) is 19.7. The van der Waals surface area contributed by atoms with E-state index in [1.54, 1.807) is 0 Å². The summed E-state index contributed by atoms with van der Waals surface area (Å²) < 4.78 is 102. The molecular formula is C14H8BrF6NO2S. The number of hydrogen-bond donors (Lipinski definition) is 0. The molecule has 11 heteroatoms. The monoisotopic (exact) mass is 447 g/mol. The van der Waals surface area contributed by atoms with E-state index < -0.39 is 44.0 Å². The highest BCUT2D eigenvalue weighted by Crippen LogP contribution is 2.37. The topological polar surface area (TPSA) is 47.0 Å². The Labute approximate surface area is 146 Å². The molecule has 0 bridgehead atoms. The average Bonchev–Trinajstić information content (AvgIpc) is 2.47. The van der Waals surface area contributed by atoms with Gasteiger partial charge in [-0.05, 0) is 46.3 Å². The highest BCUT2D eigenvalue weighted by Gasteiger charge is 2.38. The van der Waals surface area contributed by atoms with Gasteiger partial charge in [0.05, 0.1) is 27.5 Å². The number of hydrogen-bond acceptors (Lipinski definition) is 3. The van der Waals surface area contributed by atoms with Crippen LogP contribution >= 0.6 is 15.9 Å². The normalized spacial score (nSPS) is 13.1. The van der Waals surface area contributed by atoms with Crippen molar-refractivity contribution in [2.75, 3.05) is 0 Å². The fourth-order valence-electron chi connectivity index (χ4n) is 1.88. The van der Waals surface area contributed by atoms with Gasteiger partial charge in [-0.1, -0.05) is 0 Å². The van der Waals surface area contributed by atoms with Crippen molar-refractivity contribution in [3.63, 3.8) is 0 Å². The van der Waals surface area contributed by atoms with Crippen LogP contribution in [-0.4, -0.2) is 13.4 Å². The fourth-order valence-corrected chi connectivity index (χ4v) is 3.45. The number of nitrogens with zero attached hydrogens (tertiary/aromatic N) is 1. The van der Waals surface area contributed by atoms with E-state index in [9.17, 15) is 34.8 Å². The van der Waals surface area contributed by atoms with Crippen molar-refractivity contribution in [1.82, 2.24) is 4.98 Å². The predicted molar refractivity (Wildman–Crippen MR) is 79.3 cm³/mol. The first-order valence-electron chi connectivity index (χ1n) is 6.42. The van der Waals surface area contributed by atoms with Crippen LogP contribution in [0.4, 0.5) is 26.3 Å². The van der Waals surface area contributed by atoms with Gasteiger partial charge >= 0.3 is 12.4 Å². The van der Waals surface area contributed by atoms with E-state index >= 15 is 0 Å². The number of pyridine rings is 1. The smallest absolute Gasteiger partial charge is 0.259 e. The quantitative estimate of drug-likeness (QED) is 0.631. The molecule has 0 N–H and O–H groups in total. The summed E-state index contributed by atoms with van der Waals surface area (Å²) in [6.45, 7) is 0. The van der Waals surface area contributed by atoms with E-state index in [4.69, 9.17) is 0 Å². The second-order valence-electron chi connectivity index (χ2n) is 4.97. The van der Waals surface area contributed by atoms with Crippen LogP contribution in [0.25, 0.3) is 0 Å². The molecule has 25 heavy (non-hydrogen) atoms. The molecule has 2 aromatic rings. The maximum Gasteiger partial charge on any atom is 0.416 e. The molecule has 0 amide bonds. The number of sulfone groups is 1. The third kappa shape index (κ3) is 4.94. The van der Waals surface area contributed by atoms with Gasteiger partial charge in [-0.2, -0.15) is 26.3 Å². The summed E-state index contributed by atoms with van der Waals surface area (Å²) in [5.41, 5.74) is -3.40. The Morgan fingerprint density at radius 3 is 1.84 bits per heavy atom. The van der Waals surface area contributed by atoms with E-state index in [0.29, 0.717) is 4.47 Å². The number of benzene rings is 1. The SMILES string of the molecule is O=S(=O)(Cc1ccc(Br)cn1)c1cc(C(F)(F)F)cc(C(F)(F)F)c1. The molecule has 0 radical (unpaired) electrons. The van der Waals surface area contributed by atoms with E-state index in [0.717, 1.165) is 0 Å². The molecule has 0 aliphatic rings. The second kappa shape index (κ2) is 6.60. The van der Waals surface area contributed by atoms with Crippen molar-refractivity contribution >= 4 is 25.8 Å². The Morgan fingerprint density at radius 1 is 0.920 bits per heavy atom. The van der Waals surface area contributed by atoms with Crippen LogP contribution in [0.15, 0.2) is 45.9 Å². The molecule has 0 unspecified atom stereocenters. The van der Waals surface area contributed by atoms with Gasteiger partial charge in [-0.25, -0.2) is 8.42 Å². The molecule has 136 valence electrons. The van der Waals surface area contributed by atoms with Crippen LogP contribution in [0.3, 0.4) is 0 Å². The lowest BCUT2D eigenvalue weighted by molar-refractivity contribution is -0.143. The van der Waals surface area contributed by atoms with E-state index in [-0.39, 0.29) is 23.9 Å². The Morgan fingerprint density at radius 2 is 1.44 bits per heavy atom. The van der Waals surface area contributed by atoms with Crippen LogP contribution in [0.1, 0.15) is 16.8 Å². The van der Waals surface area contributed by atoms with Crippen LogP contribution in [0.2, 0.25) is 0 Å². The minimum Gasteiger partial charge on any atom is -0.259 e. The molecule has 3 nitrogen and oxygen atoms in total. The van der Waals surface area contributed by atoms with Crippen LogP contribution in [0, 0.1) is 0 Å². The van der Waals surface area contributed by atoms with Crippen molar-refractivity contribution in [3.05, 3.63) is 57.8 Å². The lowest BCUT2D eigenvalue weighted by atomic mass is 10.1. The number of rotatable bonds is 3. The zero-order valence-corrected chi connectivity index (χ0v) is 14.4. The Bertz CT molecular complexity index is 843. The van der Waals surface area contributed by atoms with E-state index in [2.05, 4.69) is 20.9 Å². The zero-order chi connectivity index (χ0) is 19.0. The van der Waals surface area contributed by atoms with Crippen LogP contribution in [-0.2, 0) is 27.9 Å². The van der Waals surface area contributed by atoms with Crippen molar-refractivity contribution in [2.24, 2.45) is 0 Å². The number of alkyl halides is 6. The van der Waals surface area contributed by atoms with Crippen molar-refractivity contribution in [3.8, 4) is 0 Å². The predicted octanol–water partition coefficient (Wildman–Crippen LogP) is 4.86. The number of aromatic nitrogens is 1. The van der Waals surface area contributed by atoms with Crippen molar-refractivity contribution < 1.29 is 34.8 Å². The molecule has 1 aromatic heterocycles. The molecular weight excluding hydrogens is 440 g/mol. The average molecular weight is 448 g/mol. The molecule has 1 heterocycles. The molecule has 0 saturated carbocycles. The molecule has 0 atom stereocenters. The largest absolute Gasteiger partial charge is 0.416 e. The van der Waals surface area contributed by atoms with Crippen molar-refractivity contribution in [1.29, 1.82) is 0 Å². The van der Waals surface area contributed by atoms with Crippen molar-refractivity contribution in [2.45, 2.75) is 23.0 Å². The highest BCUT2D eigenvalue weighted by molar-refractivity contribution is 9.10. The summed E-state index contributed by atoms with van der Waals surface area (Å²) in [7, 11) is -4.47. The summed E-state index contributed by atoms with van der Waals surface area (Å²) in [4.78, 5) is 2.69. The van der Waals surface area contributed by atoms with Gasteiger partial charge in [0.1, 0.15) is 0 Å². The maximum absolute atomic E-state index is 12.8. The molecule has 2 rings (SSSR count). The minimum absolute atomic E-state index is 0.0193. The number of halogens is 7. The van der Waals surface area contributed by atoms with Gasteiger partial charge < -0.3 is 0 Å². The highest BCUT2D eigenvalue weighted by atomic mass is 79.9. The Kier molecular flexibility index (Phi) is 5.20. The summed E-state index contributed by atoms with van der Waals surface area (Å²) in [5, 5.41) is 0. The van der Waals surface area contributed by atoms with Gasteiger partial charge in [-0.15, -0.1) is 0 Å². The Hall–Kier alpha value is -1.62. The maximum atomic E-state index is 12.8. The molecule has 0 aliphatic heterocycles. The zero-order valence-electron chi connectivity index (χ0n) is 12.0. The lowest BCUT2D eigenvalue weighted by Crippen LogP contribution is -2.14. The van der Waals surface area contributed by atoms with E-state index in [1.807, 2.05) is 0 Å². The molecule has 1 aromatic carbocycles. The summed E-state index contributed by atoms with van der Waals surface area (Å²) in [5.74, 6) is -0.834. The van der Waals surface area contributed by atoms with Crippen LogP contribution < -0.4 is 0 Å². The fraction of sp³-hybridized carbons (Fsp3) is 0.214. The molecule has 0 spiro atoms. The Balaban J connectivity index is 2.54. The third-order valence-electron chi connectivity index (χ3n) is 3.05. The summed E-state index contributed by atoms with van der Waals surface area (Å²) in [6.07, 6.45) is -8.99. The first-order valence-corrected chi connectivity index (χ1v) is 8.86. The lowest BCUT2D eigenvalue weighted by Gasteiger charge is -2.14. The van der Waals surface area contributed by atoms with Gasteiger partial charge in [0.25, 0.3) is 0 Å². The van der Waals surface area contributed by atoms with E-state index in [1.165, 1.54) is 18.3 Å².